The zero-order valence-electron chi connectivity index (χ0n) is 19.6. The Morgan fingerprint density at radius 1 is 0.943 bits per heavy atom. The second kappa shape index (κ2) is 9.80. The molecule has 178 valence electrons. The number of aliphatic carboxylic acids is 1. The van der Waals surface area contributed by atoms with Gasteiger partial charge in [0, 0.05) is 29.9 Å². The minimum atomic E-state index is -1.10. The third-order valence-electron chi connectivity index (χ3n) is 5.52. The topological polar surface area (TPSA) is 147 Å². The fourth-order valence-electron chi connectivity index (χ4n) is 3.47. The summed E-state index contributed by atoms with van der Waals surface area (Å²) >= 11 is 0. The predicted molar refractivity (Wildman–Crippen MR) is 128 cm³/mol. The van der Waals surface area contributed by atoms with Gasteiger partial charge in [-0.2, -0.15) is 5.21 Å². The van der Waals surface area contributed by atoms with E-state index in [1.807, 2.05) is 24.3 Å². The fourth-order valence-corrected chi connectivity index (χ4v) is 3.47. The Balaban J connectivity index is 1.42. The highest BCUT2D eigenvalue weighted by atomic mass is 16.4. The summed E-state index contributed by atoms with van der Waals surface area (Å²) in [5.41, 5.74) is 3.63. The number of carboxylic acids is 1. The summed E-state index contributed by atoms with van der Waals surface area (Å²) in [5.74, 6) is -0.622. The lowest BCUT2D eigenvalue weighted by molar-refractivity contribution is -0.139. The molecule has 1 amide bonds. The van der Waals surface area contributed by atoms with Gasteiger partial charge in [-0.1, -0.05) is 57.2 Å². The molecule has 0 spiro atoms. The van der Waals surface area contributed by atoms with E-state index in [2.05, 4.69) is 56.7 Å². The number of carbonyl (C=O) groups is 2. The summed E-state index contributed by atoms with van der Waals surface area (Å²) in [6.07, 6.45) is 3.34. The van der Waals surface area contributed by atoms with Gasteiger partial charge in [0.15, 0.2) is 5.82 Å². The van der Waals surface area contributed by atoms with Crippen molar-refractivity contribution in [2.24, 2.45) is 0 Å². The van der Waals surface area contributed by atoms with Crippen LogP contribution in [0.3, 0.4) is 0 Å². The zero-order chi connectivity index (χ0) is 25.0. The molecule has 0 bridgehead atoms. The van der Waals surface area contributed by atoms with Gasteiger partial charge < -0.3 is 10.4 Å². The van der Waals surface area contributed by atoms with Crippen LogP contribution in [-0.4, -0.2) is 53.6 Å². The van der Waals surface area contributed by atoms with Crippen molar-refractivity contribution in [3.8, 4) is 22.8 Å². The normalized spacial score (nSPS) is 12.2. The molecule has 3 N–H and O–H groups in total. The van der Waals surface area contributed by atoms with E-state index in [-0.39, 0.29) is 11.8 Å². The first-order valence-electron chi connectivity index (χ1n) is 11.0. The third-order valence-corrected chi connectivity index (χ3v) is 5.52. The Kier molecular flexibility index (Phi) is 6.63. The van der Waals surface area contributed by atoms with Crippen LogP contribution >= 0.6 is 0 Å². The Morgan fingerprint density at radius 2 is 1.60 bits per heavy atom. The third kappa shape index (κ3) is 5.72. The summed E-state index contributed by atoms with van der Waals surface area (Å²) in [4.78, 5) is 33.1. The standard InChI is InChI=1S/C25H25N7O3/c1-25(2,3)19-10-8-17(9-11-19)23(33)28-20(24(34)35)12-15-4-6-16(7-5-15)21-26-13-18(14-27-21)22-29-31-32-30-22/h4-11,13-14,20H,12H2,1-3H3,(H,28,33)(H,34,35)(H,29,30,31,32). The smallest absolute Gasteiger partial charge is 0.326 e. The van der Waals surface area contributed by atoms with Crippen LogP contribution in [0.5, 0.6) is 0 Å². The Morgan fingerprint density at radius 3 is 2.14 bits per heavy atom. The molecule has 0 aliphatic carbocycles. The van der Waals surface area contributed by atoms with Gasteiger partial charge in [-0.05, 0) is 33.9 Å². The second-order valence-corrected chi connectivity index (χ2v) is 9.12. The molecule has 2 aromatic carbocycles. The zero-order valence-corrected chi connectivity index (χ0v) is 19.6. The summed E-state index contributed by atoms with van der Waals surface area (Å²) in [6, 6.07) is 13.4. The van der Waals surface area contributed by atoms with E-state index in [0.29, 0.717) is 22.8 Å². The fraction of sp³-hybridized carbons (Fsp3) is 0.240. The minimum absolute atomic E-state index is 0.0356. The summed E-state index contributed by atoms with van der Waals surface area (Å²) in [7, 11) is 0. The molecule has 0 aliphatic rings. The highest BCUT2D eigenvalue weighted by molar-refractivity contribution is 5.96. The van der Waals surface area contributed by atoms with Crippen molar-refractivity contribution in [2.75, 3.05) is 0 Å². The molecule has 2 heterocycles. The first kappa shape index (κ1) is 23.7. The van der Waals surface area contributed by atoms with E-state index in [1.165, 1.54) is 0 Å². The second-order valence-electron chi connectivity index (χ2n) is 9.12. The summed E-state index contributed by atoms with van der Waals surface area (Å²) in [5, 5.41) is 26.0. The first-order valence-corrected chi connectivity index (χ1v) is 11.0. The number of hydrogen-bond donors (Lipinski definition) is 3. The number of amides is 1. The molecular weight excluding hydrogens is 446 g/mol. The highest BCUT2D eigenvalue weighted by Gasteiger charge is 2.22. The average molecular weight is 472 g/mol. The molecule has 35 heavy (non-hydrogen) atoms. The van der Waals surface area contributed by atoms with Crippen molar-refractivity contribution < 1.29 is 14.7 Å². The number of nitrogens with one attached hydrogen (secondary N) is 2. The molecule has 4 aromatic rings. The number of carbonyl (C=O) groups excluding carboxylic acids is 1. The minimum Gasteiger partial charge on any atom is -0.480 e. The number of tetrazole rings is 1. The molecule has 0 radical (unpaired) electrons. The van der Waals surface area contributed by atoms with Gasteiger partial charge >= 0.3 is 5.97 Å². The molecule has 0 fully saturated rings. The number of rotatable bonds is 7. The van der Waals surface area contributed by atoms with Gasteiger partial charge in [0.05, 0.1) is 5.56 Å². The largest absolute Gasteiger partial charge is 0.480 e. The van der Waals surface area contributed by atoms with E-state index in [9.17, 15) is 14.7 Å². The van der Waals surface area contributed by atoms with Crippen molar-refractivity contribution >= 4 is 11.9 Å². The van der Waals surface area contributed by atoms with Crippen molar-refractivity contribution in [1.82, 2.24) is 35.9 Å². The van der Waals surface area contributed by atoms with Crippen LogP contribution < -0.4 is 5.32 Å². The number of nitrogens with zero attached hydrogens (tertiary/aromatic N) is 5. The van der Waals surface area contributed by atoms with Crippen molar-refractivity contribution in [3.63, 3.8) is 0 Å². The van der Waals surface area contributed by atoms with Crippen LogP contribution in [0.1, 0.15) is 42.3 Å². The molecule has 4 rings (SSSR count). The van der Waals surface area contributed by atoms with Crippen molar-refractivity contribution in [1.29, 1.82) is 0 Å². The van der Waals surface area contributed by atoms with E-state index in [4.69, 9.17) is 0 Å². The lowest BCUT2D eigenvalue weighted by atomic mass is 9.86. The monoisotopic (exact) mass is 471 g/mol. The Hall–Kier alpha value is -4.47. The van der Waals surface area contributed by atoms with Crippen LogP contribution in [0, 0.1) is 0 Å². The van der Waals surface area contributed by atoms with Crippen LogP contribution in [0.4, 0.5) is 0 Å². The number of benzene rings is 2. The molecule has 1 atom stereocenters. The van der Waals surface area contributed by atoms with Crippen LogP contribution in [-0.2, 0) is 16.6 Å². The molecule has 2 aromatic heterocycles. The number of carboxylic acid groups (broad SMARTS) is 1. The number of aromatic amines is 1. The van der Waals surface area contributed by atoms with Crippen LogP contribution in [0.2, 0.25) is 0 Å². The number of H-pyrrole nitrogens is 1. The molecule has 0 saturated carbocycles. The SMILES string of the molecule is CC(C)(C)c1ccc(C(=O)NC(Cc2ccc(-c3ncc(-c4nn[nH]n4)cn3)cc2)C(=O)O)cc1. The Bertz CT molecular complexity index is 1300. The number of aromatic nitrogens is 6. The first-order chi connectivity index (χ1) is 16.7. The van der Waals surface area contributed by atoms with Crippen LogP contribution in [0.15, 0.2) is 60.9 Å². The van der Waals surface area contributed by atoms with Gasteiger partial charge in [0.1, 0.15) is 6.04 Å². The van der Waals surface area contributed by atoms with Gasteiger partial charge in [0.2, 0.25) is 5.82 Å². The van der Waals surface area contributed by atoms with E-state index in [1.54, 1.807) is 36.7 Å². The van der Waals surface area contributed by atoms with Crippen molar-refractivity contribution in [2.45, 2.75) is 38.6 Å². The van der Waals surface area contributed by atoms with Crippen molar-refractivity contribution in [3.05, 3.63) is 77.6 Å². The molecular formula is C25H25N7O3. The maximum absolute atomic E-state index is 12.7. The maximum atomic E-state index is 12.7. The lowest BCUT2D eigenvalue weighted by Crippen LogP contribution is -2.42. The van der Waals surface area contributed by atoms with Gasteiger partial charge in [-0.15, -0.1) is 10.2 Å². The van der Waals surface area contributed by atoms with E-state index >= 15 is 0 Å². The number of hydrogen-bond acceptors (Lipinski definition) is 7. The summed E-state index contributed by atoms with van der Waals surface area (Å²) in [6.45, 7) is 6.27. The van der Waals surface area contributed by atoms with Crippen LogP contribution in [0.25, 0.3) is 22.8 Å². The molecule has 0 aliphatic heterocycles. The molecule has 10 heteroatoms. The van der Waals surface area contributed by atoms with E-state index < -0.39 is 17.9 Å². The van der Waals surface area contributed by atoms with E-state index in [0.717, 1.165) is 16.7 Å². The van der Waals surface area contributed by atoms with Gasteiger partial charge in [-0.3, -0.25) is 4.79 Å². The molecule has 1 unspecified atom stereocenters. The van der Waals surface area contributed by atoms with Gasteiger partial charge in [-0.25, -0.2) is 14.8 Å². The van der Waals surface area contributed by atoms with Gasteiger partial charge in [0.25, 0.3) is 5.91 Å². The quantitative estimate of drug-likeness (QED) is 0.373. The molecule has 10 nitrogen and oxygen atoms in total. The average Bonchev–Trinajstić information content (AvgIpc) is 3.39. The highest BCUT2D eigenvalue weighted by Crippen LogP contribution is 2.22. The molecule has 0 saturated heterocycles. The maximum Gasteiger partial charge on any atom is 0.326 e. The predicted octanol–water partition coefficient (Wildman–Crippen LogP) is 3.05. The lowest BCUT2D eigenvalue weighted by Gasteiger charge is -2.19. The Labute approximate surface area is 201 Å². The summed E-state index contributed by atoms with van der Waals surface area (Å²) < 4.78 is 0.